The SMILES string of the molecule is C/C=C1\NC(=O)[C@H]([C@H](C)O)NC(=O)[C@H](CCN)NC(=O)[C@H](CCCCN)NC(=O)[C@H](CC(=O)NCCCCC)NC(=O)[C@@H](CCN)NC(=O)[C@@H](NC(=O)C[C@H](O)CCCCCCCCCCC)COC(=O)[C@H]([C@H](O)CCl)NC(=O)[C@H]([C@H](O)C(=O)O)NC1=O. The third-order valence-corrected chi connectivity index (χ3v) is 14.4. The number of rotatable bonds is 32. The third-order valence-electron chi connectivity index (χ3n) is 14.1. The molecular formula is C56H98ClN13O18. The largest absolute Gasteiger partial charge is 0.479 e. The molecule has 0 aromatic heterocycles. The number of carbonyl (C=O) groups excluding carboxylic acids is 11. The number of nitrogens with two attached hydrogens (primary N) is 3. The minimum Gasteiger partial charge on any atom is -0.479 e. The lowest BCUT2D eigenvalue weighted by atomic mass is 10.0. The summed E-state index contributed by atoms with van der Waals surface area (Å²) in [5, 5.41) is 76.0. The van der Waals surface area contributed by atoms with E-state index in [0.717, 1.165) is 77.2 Å². The Hall–Kier alpha value is -6.61. The molecule has 0 aromatic rings. The number of aliphatic carboxylic acids is 1. The molecule has 0 radical (unpaired) electrons. The van der Waals surface area contributed by atoms with Gasteiger partial charge in [-0.25, -0.2) is 9.59 Å². The van der Waals surface area contributed by atoms with Crippen LogP contribution in [0.3, 0.4) is 0 Å². The molecule has 0 bridgehead atoms. The van der Waals surface area contributed by atoms with Crippen molar-refractivity contribution in [1.82, 2.24) is 53.2 Å². The van der Waals surface area contributed by atoms with Crippen LogP contribution in [0.15, 0.2) is 11.8 Å². The van der Waals surface area contributed by atoms with Gasteiger partial charge in [0.25, 0.3) is 5.91 Å². The predicted molar refractivity (Wildman–Crippen MR) is 320 cm³/mol. The number of unbranched alkanes of at least 4 members (excludes halogenated alkanes) is 11. The zero-order valence-electron chi connectivity index (χ0n) is 51.0. The van der Waals surface area contributed by atoms with Crippen LogP contribution in [0.1, 0.15) is 156 Å². The summed E-state index contributed by atoms with van der Waals surface area (Å²) in [6, 6.07) is -15.4. The molecule has 502 valence electrons. The van der Waals surface area contributed by atoms with Gasteiger partial charge in [0.05, 0.1) is 37.0 Å². The third kappa shape index (κ3) is 30.5. The fourth-order valence-electron chi connectivity index (χ4n) is 8.91. The Kier molecular flexibility index (Phi) is 40.4. The van der Waals surface area contributed by atoms with Crippen molar-refractivity contribution < 1.29 is 87.8 Å². The Bertz CT molecular complexity index is 2280. The highest BCUT2D eigenvalue weighted by molar-refractivity contribution is 6.18. The second-order valence-electron chi connectivity index (χ2n) is 21.5. The first kappa shape index (κ1) is 79.4. The van der Waals surface area contributed by atoms with Gasteiger partial charge < -0.3 is 101 Å². The maximum absolute atomic E-state index is 14.4. The Morgan fingerprint density at radius 2 is 1.11 bits per heavy atom. The monoisotopic (exact) mass is 1280 g/mol. The summed E-state index contributed by atoms with van der Waals surface area (Å²) in [5.41, 5.74) is 16.7. The number of aliphatic hydroxyl groups excluding tert-OH is 4. The van der Waals surface area contributed by atoms with Crippen molar-refractivity contribution in [3.05, 3.63) is 11.8 Å². The second kappa shape index (κ2) is 44.8. The number of aliphatic hydroxyl groups is 4. The molecule has 1 rings (SSSR count). The van der Waals surface area contributed by atoms with E-state index < -0.39 is 175 Å². The minimum absolute atomic E-state index is 0.139. The summed E-state index contributed by atoms with van der Waals surface area (Å²) in [7, 11) is 0. The average Bonchev–Trinajstić information content (AvgIpc) is 1.84. The van der Waals surface area contributed by atoms with Crippen LogP contribution in [0.25, 0.3) is 0 Å². The van der Waals surface area contributed by atoms with Gasteiger partial charge in [-0.3, -0.25) is 47.9 Å². The number of alkyl halides is 1. The van der Waals surface area contributed by atoms with Crippen molar-refractivity contribution in [2.45, 2.75) is 229 Å². The van der Waals surface area contributed by atoms with E-state index in [1.165, 1.54) is 6.92 Å². The molecule has 1 fully saturated rings. The van der Waals surface area contributed by atoms with E-state index in [1.807, 2.05) is 17.6 Å². The molecule has 10 amide bonds. The maximum Gasteiger partial charge on any atom is 0.335 e. The lowest BCUT2D eigenvalue weighted by Crippen LogP contribution is -2.62. The van der Waals surface area contributed by atoms with Crippen LogP contribution >= 0.6 is 11.6 Å². The molecule has 12 atom stereocenters. The zero-order valence-corrected chi connectivity index (χ0v) is 51.8. The number of cyclic esters (lactones) is 1. The summed E-state index contributed by atoms with van der Waals surface area (Å²) in [6.45, 7) is 4.89. The lowest BCUT2D eigenvalue weighted by Gasteiger charge is -2.29. The summed E-state index contributed by atoms with van der Waals surface area (Å²) in [4.78, 5) is 166. The minimum atomic E-state index is -2.82. The van der Waals surface area contributed by atoms with Crippen LogP contribution in [0.5, 0.6) is 0 Å². The van der Waals surface area contributed by atoms with Crippen molar-refractivity contribution in [1.29, 1.82) is 0 Å². The molecule has 31 nitrogen and oxygen atoms in total. The number of hydrogen-bond donors (Lipinski definition) is 18. The molecular weight excluding hydrogens is 1180 g/mol. The van der Waals surface area contributed by atoms with Crippen molar-refractivity contribution in [2.24, 2.45) is 17.2 Å². The molecule has 1 heterocycles. The zero-order chi connectivity index (χ0) is 66.3. The van der Waals surface area contributed by atoms with Gasteiger partial charge in [-0.1, -0.05) is 90.6 Å². The number of carbonyl (C=O) groups is 12. The maximum atomic E-state index is 14.4. The smallest absolute Gasteiger partial charge is 0.335 e. The summed E-state index contributed by atoms with van der Waals surface area (Å²) < 4.78 is 5.34. The van der Waals surface area contributed by atoms with E-state index >= 15 is 0 Å². The topological polar surface area (TPSA) is 514 Å². The van der Waals surface area contributed by atoms with E-state index in [0.29, 0.717) is 19.3 Å². The first-order chi connectivity index (χ1) is 41.8. The van der Waals surface area contributed by atoms with Crippen LogP contribution in [-0.2, 0) is 62.3 Å². The van der Waals surface area contributed by atoms with Gasteiger partial charge >= 0.3 is 11.9 Å². The molecule has 1 saturated heterocycles. The van der Waals surface area contributed by atoms with Gasteiger partial charge in [-0.05, 0) is 78.4 Å². The van der Waals surface area contributed by atoms with Crippen LogP contribution in [0, 0.1) is 0 Å². The number of hydrogen-bond acceptors (Lipinski definition) is 20. The van der Waals surface area contributed by atoms with Crippen LogP contribution in [-0.4, -0.2) is 208 Å². The van der Waals surface area contributed by atoms with E-state index in [9.17, 15) is 83.1 Å². The quantitative estimate of drug-likeness (QED) is 0.0132. The van der Waals surface area contributed by atoms with Crippen LogP contribution < -0.4 is 70.4 Å². The van der Waals surface area contributed by atoms with Crippen molar-refractivity contribution >= 4 is 82.6 Å². The Morgan fingerprint density at radius 1 is 0.602 bits per heavy atom. The number of nitrogens with one attached hydrogen (secondary N) is 10. The van der Waals surface area contributed by atoms with Gasteiger partial charge in [-0.2, -0.15) is 0 Å². The predicted octanol–water partition coefficient (Wildman–Crippen LogP) is -3.94. The molecule has 32 heteroatoms. The Labute approximate surface area is 518 Å². The molecule has 1 aliphatic rings. The molecule has 0 spiro atoms. The Morgan fingerprint density at radius 3 is 1.65 bits per heavy atom. The second-order valence-corrected chi connectivity index (χ2v) is 21.8. The number of esters is 1. The standard InChI is InChI=1S/C56H98ClN13O18/c1-5-8-10-11-12-13-14-15-16-20-33(72)28-42(75)62-39-31-88-56(87)44(40(73)30-57)69-54(84)45(46(76)55(85)86)70-47(77)34(7-3)63-53(83)43(32(4)71)68-50(80)37(23-26-60)65-48(78)35(21-17-18-24-58)64-51(81)38(29-41(74)61-27-19-9-6-2)67-49(79)36(22-25-59)66-52(39)82/h7,32-33,35-40,43-46,71-73,76H,5-6,8-31,58-60H2,1-4H3,(H,61,74)(H,62,75)(H,63,83)(H,64,81)(H,65,78)(H,66,82)(H,67,79)(H,68,80)(H,69,84)(H,70,77)(H,85,86)/b34-7-/t32-,33+,35-,36+,37-,38-,39-,40+,43-,44-,45-,46-/m0/s1. The molecule has 0 unspecified atom stereocenters. The van der Waals surface area contributed by atoms with Gasteiger partial charge in [-0.15, -0.1) is 11.6 Å². The van der Waals surface area contributed by atoms with E-state index in [2.05, 4.69) is 49.5 Å². The Balaban J connectivity index is 4.11. The lowest BCUT2D eigenvalue weighted by molar-refractivity contribution is -0.155. The normalized spacial score (nSPS) is 23.8. The van der Waals surface area contributed by atoms with Gasteiger partial charge in [0.1, 0.15) is 54.6 Å². The highest BCUT2D eigenvalue weighted by Gasteiger charge is 2.41. The molecule has 1 aliphatic heterocycles. The summed E-state index contributed by atoms with van der Waals surface area (Å²) in [6.07, 6.45) is 2.49. The fraction of sp³-hybridized carbons (Fsp3) is 0.750. The van der Waals surface area contributed by atoms with Crippen molar-refractivity contribution in [3.8, 4) is 0 Å². The van der Waals surface area contributed by atoms with E-state index in [-0.39, 0.29) is 58.3 Å². The number of carboxylic acid groups (broad SMARTS) is 1. The first-order valence-corrected chi connectivity index (χ1v) is 30.8. The average molecular weight is 1280 g/mol. The highest BCUT2D eigenvalue weighted by Crippen LogP contribution is 2.14. The van der Waals surface area contributed by atoms with E-state index in [4.69, 9.17) is 33.5 Å². The first-order valence-electron chi connectivity index (χ1n) is 30.3. The number of halogens is 1. The van der Waals surface area contributed by atoms with Crippen LogP contribution in [0.2, 0.25) is 0 Å². The van der Waals surface area contributed by atoms with Crippen LogP contribution in [0.4, 0.5) is 0 Å². The van der Waals surface area contributed by atoms with Crippen molar-refractivity contribution in [3.63, 3.8) is 0 Å². The van der Waals surface area contributed by atoms with Gasteiger partial charge in [0.15, 0.2) is 12.1 Å². The number of amides is 10. The summed E-state index contributed by atoms with van der Waals surface area (Å²) in [5.74, 6) is -16.4. The highest BCUT2D eigenvalue weighted by atomic mass is 35.5. The molecule has 0 aliphatic carbocycles. The number of ether oxygens (including phenoxy) is 1. The molecule has 0 aromatic carbocycles. The molecule has 21 N–H and O–H groups in total. The van der Waals surface area contributed by atoms with Gasteiger partial charge in [0.2, 0.25) is 53.2 Å². The van der Waals surface area contributed by atoms with Crippen molar-refractivity contribution in [2.75, 3.05) is 38.7 Å². The number of carboxylic acids is 1. The van der Waals surface area contributed by atoms with E-state index in [1.54, 1.807) is 0 Å². The fourth-order valence-corrected chi connectivity index (χ4v) is 9.09. The number of allylic oxidation sites excluding steroid dienone is 1. The summed E-state index contributed by atoms with van der Waals surface area (Å²) >= 11 is 5.90. The van der Waals surface area contributed by atoms with Gasteiger partial charge in [0, 0.05) is 6.54 Å². The molecule has 88 heavy (non-hydrogen) atoms. The molecule has 0 saturated carbocycles.